The number of aromatic amines is 1. The van der Waals surface area contributed by atoms with Gasteiger partial charge in [0.25, 0.3) is 10.6 Å². The van der Waals surface area contributed by atoms with Crippen LogP contribution in [-0.2, 0) is 33.1 Å². The molecular formula is C27H39N7O8S. The Morgan fingerprint density at radius 2 is 1.91 bits per heavy atom. The number of rotatable bonds is 17. The highest BCUT2D eigenvalue weighted by Crippen LogP contribution is 2.33. The van der Waals surface area contributed by atoms with Gasteiger partial charge in [-0.2, -0.15) is 9.40 Å². The van der Waals surface area contributed by atoms with Crippen molar-refractivity contribution in [1.82, 2.24) is 29.0 Å². The van der Waals surface area contributed by atoms with Crippen molar-refractivity contribution >= 4 is 21.1 Å². The summed E-state index contributed by atoms with van der Waals surface area (Å²) in [5.41, 5.74) is 1.50. The Morgan fingerprint density at radius 1 is 1.19 bits per heavy atom. The Kier molecular flexibility index (Phi) is 10.7. The van der Waals surface area contributed by atoms with Crippen LogP contribution >= 0.6 is 0 Å². The molecule has 1 N–H and O–H groups in total. The van der Waals surface area contributed by atoms with Crippen LogP contribution in [0, 0.1) is 10.1 Å². The first-order chi connectivity index (χ1) is 20.6. The molecule has 0 spiro atoms. The van der Waals surface area contributed by atoms with Gasteiger partial charge in [-0.15, -0.1) is 10.1 Å². The van der Waals surface area contributed by atoms with E-state index in [0.717, 1.165) is 12.8 Å². The highest BCUT2D eigenvalue weighted by Gasteiger charge is 2.39. The molecule has 2 aromatic heterocycles. The van der Waals surface area contributed by atoms with Crippen molar-refractivity contribution in [1.29, 1.82) is 0 Å². The molecule has 1 fully saturated rings. The molecule has 0 unspecified atom stereocenters. The monoisotopic (exact) mass is 621 g/mol. The van der Waals surface area contributed by atoms with Crippen LogP contribution in [0.3, 0.4) is 0 Å². The van der Waals surface area contributed by atoms with Gasteiger partial charge in [0.15, 0.2) is 5.52 Å². The van der Waals surface area contributed by atoms with Gasteiger partial charge in [-0.25, -0.2) is 13.4 Å². The summed E-state index contributed by atoms with van der Waals surface area (Å²) < 4.78 is 41.2. The zero-order chi connectivity index (χ0) is 31.1. The van der Waals surface area contributed by atoms with Crippen molar-refractivity contribution in [2.45, 2.75) is 50.5 Å². The molecule has 0 radical (unpaired) electrons. The molecule has 43 heavy (non-hydrogen) atoms. The Hall–Kier alpha value is -3.60. The van der Waals surface area contributed by atoms with Crippen molar-refractivity contribution in [3.8, 4) is 17.1 Å². The van der Waals surface area contributed by atoms with Crippen LogP contribution in [0.2, 0.25) is 0 Å². The third-order valence-corrected chi connectivity index (χ3v) is 9.15. The number of methoxy groups -OCH3 is 1. The topological polar surface area (TPSA) is 175 Å². The standard InChI is InChI=1S/C27H39N7O8S/c1-5-9-22-24-25(31(3)30-22)27(35)29-26(28-24)21-16-20(10-11-23(21)41-6-2)43(38,39)33-17-19(18-33)32(12-7-14-40-4)13-8-15-42-34(36)37/h10-11,16,19H,5-9,12-15,17-18H2,1-4H3,(H,28,29,35). The maximum absolute atomic E-state index is 13.7. The molecular weight excluding hydrogens is 582 g/mol. The van der Waals surface area contributed by atoms with Gasteiger partial charge in [0, 0.05) is 53.0 Å². The Labute approximate surface area is 249 Å². The first kappa shape index (κ1) is 32.3. The van der Waals surface area contributed by atoms with E-state index in [2.05, 4.69) is 19.8 Å². The maximum atomic E-state index is 13.7. The van der Waals surface area contributed by atoms with Crippen LogP contribution in [0.25, 0.3) is 22.4 Å². The van der Waals surface area contributed by atoms with E-state index in [0.29, 0.717) is 67.2 Å². The van der Waals surface area contributed by atoms with Gasteiger partial charge in [0.1, 0.15) is 17.1 Å². The summed E-state index contributed by atoms with van der Waals surface area (Å²) in [7, 11) is -0.578. The van der Waals surface area contributed by atoms with Crippen LogP contribution in [0.15, 0.2) is 27.9 Å². The smallest absolute Gasteiger partial charge is 0.294 e. The largest absolute Gasteiger partial charge is 0.493 e. The lowest BCUT2D eigenvalue weighted by atomic mass is 10.1. The predicted molar refractivity (Wildman–Crippen MR) is 158 cm³/mol. The third-order valence-electron chi connectivity index (χ3n) is 7.32. The van der Waals surface area contributed by atoms with Gasteiger partial charge in [0.2, 0.25) is 10.0 Å². The zero-order valence-electron chi connectivity index (χ0n) is 24.9. The van der Waals surface area contributed by atoms with Crippen molar-refractivity contribution < 1.29 is 27.8 Å². The number of nitrogens with one attached hydrogen (secondary N) is 1. The van der Waals surface area contributed by atoms with E-state index < -0.39 is 15.1 Å². The van der Waals surface area contributed by atoms with Gasteiger partial charge >= 0.3 is 0 Å². The number of aromatic nitrogens is 4. The molecule has 0 atom stereocenters. The molecule has 0 aliphatic carbocycles. The normalized spacial score (nSPS) is 14.3. The molecule has 236 valence electrons. The second-order valence-electron chi connectivity index (χ2n) is 10.3. The minimum Gasteiger partial charge on any atom is -0.493 e. The molecule has 4 rings (SSSR count). The average molecular weight is 622 g/mol. The van der Waals surface area contributed by atoms with Crippen molar-refractivity contribution in [3.63, 3.8) is 0 Å². The average Bonchev–Trinajstić information content (AvgIpc) is 3.25. The van der Waals surface area contributed by atoms with Crippen LogP contribution in [0.4, 0.5) is 0 Å². The van der Waals surface area contributed by atoms with E-state index in [4.69, 9.17) is 14.5 Å². The summed E-state index contributed by atoms with van der Waals surface area (Å²) in [5.74, 6) is 0.596. The second-order valence-corrected chi connectivity index (χ2v) is 12.2. The SMILES string of the molecule is CCCc1nn(C)c2c(=O)[nH]c(-c3cc(S(=O)(=O)N4CC(N(CCCOC)CCCO[N+](=O)[O-])C4)ccc3OCC)nc12. The fourth-order valence-corrected chi connectivity index (χ4v) is 6.75. The fraction of sp³-hybridized carbons (Fsp3) is 0.593. The molecule has 3 heterocycles. The number of H-pyrrole nitrogens is 1. The summed E-state index contributed by atoms with van der Waals surface area (Å²) in [6, 6.07) is 4.51. The first-order valence-electron chi connectivity index (χ1n) is 14.3. The summed E-state index contributed by atoms with van der Waals surface area (Å²) in [6.45, 7) is 6.41. The maximum Gasteiger partial charge on any atom is 0.294 e. The van der Waals surface area contributed by atoms with E-state index >= 15 is 0 Å². The molecule has 1 aliphatic heterocycles. The number of nitrogens with zero attached hydrogens (tertiary/aromatic N) is 6. The molecule has 3 aromatic rings. The number of hydrogen-bond acceptors (Lipinski definition) is 11. The lowest BCUT2D eigenvalue weighted by molar-refractivity contribution is -0.757. The van der Waals surface area contributed by atoms with Crippen LogP contribution in [0.1, 0.15) is 38.8 Å². The van der Waals surface area contributed by atoms with Gasteiger partial charge < -0.3 is 19.3 Å². The van der Waals surface area contributed by atoms with Gasteiger partial charge in [0.05, 0.1) is 29.4 Å². The highest BCUT2D eigenvalue weighted by atomic mass is 32.2. The second kappa shape index (κ2) is 14.2. The number of fused-ring (bicyclic) bond motifs is 1. The van der Waals surface area contributed by atoms with Crippen molar-refractivity contribution in [3.05, 3.63) is 44.4 Å². The molecule has 16 heteroatoms. The van der Waals surface area contributed by atoms with E-state index in [1.807, 2.05) is 13.8 Å². The minimum absolute atomic E-state index is 0.0294. The third kappa shape index (κ3) is 7.31. The first-order valence-corrected chi connectivity index (χ1v) is 15.8. The van der Waals surface area contributed by atoms with E-state index in [1.165, 1.54) is 21.1 Å². The van der Waals surface area contributed by atoms with Crippen molar-refractivity contribution in [2.24, 2.45) is 7.05 Å². The Morgan fingerprint density at radius 3 is 2.56 bits per heavy atom. The summed E-state index contributed by atoms with van der Waals surface area (Å²) >= 11 is 0. The molecule has 15 nitrogen and oxygen atoms in total. The molecule has 0 bridgehead atoms. The summed E-state index contributed by atoms with van der Waals surface area (Å²) in [5, 5.41) is 14.1. The van der Waals surface area contributed by atoms with Crippen LogP contribution < -0.4 is 10.3 Å². The number of aryl methyl sites for hydroxylation is 2. The molecule has 0 amide bonds. The number of benzene rings is 1. The summed E-state index contributed by atoms with van der Waals surface area (Å²) in [6.07, 6.45) is 2.64. The zero-order valence-corrected chi connectivity index (χ0v) is 25.8. The highest BCUT2D eigenvalue weighted by molar-refractivity contribution is 7.89. The predicted octanol–water partition coefficient (Wildman–Crippen LogP) is 1.98. The lowest BCUT2D eigenvalue weighted by Crippen LogP contribution is -2.61. The minimum atomic E-state index is -3.88. The molecule has 1 aromatic carbocycles. The lowest BCUT2D eigenvalue weighted by Gasteiger charge is -2.44. The number of sulfonamides is 1. The number of hydrogen-bond donors (Lipinski definition) is 1. The van der Waals surface area contributed by atoms with E-state index in [1.54, 1.807) is 20.2 Å². The molecule has 0 saturated carbocycles. The van der Waals surface area contributed by atoms with E-state index in [9.17, 15) is 23.3 Å². The van der Waals surface area contributed by atoms with E-state index in [-0.39, 0.29) is 42.0 Å². The molecule has 1 aliphatic rings. The summed E-state index contributed by atoms with van der Waals surface area (Å²) in [4.78, 5) is 37.6. The number of ether oxygens (including phenoxy) is 2. The molecule has 1 saturated heterocycles. The van der Waals surface area contributed by atoms with Crippen LogP contribution in [0.5, 0.6) is 5.75 Å². The van der Waals surface area contributed by atoms with Crippen LogP contribution in [-0.4, -0.2) is 102 Å². The Bertz CT molecular complexity index is 1580. The van der Waals surface area contributed by atoms with Gasteiger partial charge in [-0.3, -0.25) is 14.4 Å². The fourth-order valence-electron chi connectivity index (χ4n) is 5.20. The Balaban J connectivity index is 1.59. The van der Waals surface area contributed by atoms with Gasteiger partial charge in [-0.1, -0.05) is 13.3 Å². The van der Waals surface area contributed by atoms with Gasteiger partial charge in [-0.05, 0) is 44.4 Å². The quantitative estimate of drug-likeness (QED) is 0.133. The van der Waals surface area contributed by atoms with Crippen molar-refractivity contribution in [2.75, 3.05) is 53.1 Å².